The number of pyridine rings is 1. The summed E-state index contributed by atoms with van der Waals surface area (Å²) in [5.74, 6) is -7.13. The number of aliphatic carboxylic acids is 1. The summed E-state index contributed by atoms with van der Waals surface area (Å²) in [6.07, 6.45) is -0.807. The fourth-order valence-electron chi connectivity index (χ4n) is 3.49. The van der Waals surface area contributed by atoms with E-state index in [1.807, 2.05) is 12.1 Å². The van der Waals surface area contributed by atoms with Crippen LogP contribution < -0.4 is 15.4 Å². The number of benzene rings is 2. The van der Waals surface area contributed by atoms with Crippen LogP contribution in [0.2, 0.25) is 0 Å². The fraction of sp³-hybridized carbons (Fsp3) is 0.269. The van der Waals surface area contributed by atoms with Gasteiger partial charge in [0.2, 0.25) is 5.91 Å². The molecule has 9 nitrogen and oxygen atoms in total. The van der Waals surface area contributed by atoms with Crippen molar-refractivity contribution in [3.05, 3.63) is 71.9 Å². The molecule has 0 aliphatic heterocycles. The molecular weight excluding hydrogens is 488 g/mol. The van der Waals surface area contributed by atoms with Crippen LogP contribution >= 0.6 is 0 Å². The Hall–Kier alpha value is -4.41. The molecule has 0 aliphatic carbocycles. The molecule has 0 unspecified atom stereocenters. The van der Waals surface area contributed by atoms with Crippen LogP contribution in [0.1, 0.15) is 30.8 Å². The van der Waals surface area contributed by atoms with Crippen molar-refractivity contribution >= 4 is 34.5 Å². The molecule has 0 fully saturated rings. The average molecular weight is 513 g/mol. The van der Waals surface area contributed by atoms with Crippen molar-refractivity contribution in [2.75, 3.05) is 6.61 Å². The SMILES string of the molecule is CC(C)[C@H](NC(=O)c1ccc2ccccc2n1)C(=O)N[C@@H](CC(=O)O)C(=O)COc1c(F)cccc1F. The van der Waals surface area contributed by atoms with E-state index < -0.39 is 72.0 Å². The fourth-order valence-corrected chi connectivity index (χ4v) is 3.49. The number of carboxylic acids is 1. The number of hydrogen-bond donors (Lipinski definition) is 3. The van der Waals surface area contributed by atoms with Gasteiger partial charge in [-0.3, -0.25) is 19.2 Å². The van der Waals surface area contributed by atoms with Gasteiger partial charge in [-0.25, -0.2) is 13.8 Å². The Bertz CT molecular complexity index is 1310. The largest absolute Gasteiger partial charge is 0.481 e. The maximum absolute atomic E-state index is 13.8. The number of carbonyl (C=O) groups excluding carboxylic acids is 3. The van der Waals surface area contributed by atoms with Crippen LogP contribution in [0.4, 0.5) is 8.78 Å². The first-order valence-corrected chi connectivity index (χ1v) is 11.3. The molecule has 3 N–H and O–H groups in total. The molecule has 0 bridgehead atoms. The third kappa shape index (κ3) is 7.06. The summed E-state index contributed by atoms with van der Waals surface area (Å²) in [4.78, 5) is 54.0. The van der Waals surface area contributed by atoms with Gasteiger partial charge in [0.15, 0.2) is 23.2 Å². The molecule has 0 saturated carbocycles. The van der Waals surface area contributed by atoms with E-state index in [9.17, 15) is 33.1 Å². The summed E-state index contributed by atoms with van der Waals surface area (Å²) < 4.78 is 32.5. The summed E-state index contributed by atoms with van der Waals surface area (Å²) in [5.41, 5.74) is 0.648. The van der Waals surface area contributed by atoms with Crippen molar-refractivity contribution in [1.29, 1.82) is 0 Å². The molecule has 0 aliphatic rings. The van der Waals surface area contributed by atoms with Gasteiger partial charge in [-0.1, -0.05) is 44.2 Å². The average Bonchev–Trinajstić information content (AvgIpc) is 2.85. The van der Waals surface area contributed by atoms with Gasteiger partial charge in [-0.05, 0) is 30.2 Å². The Morgan fingerprint density at radius 2 is 1.62 bits per heavy atom. The zero-order chi connectivity index (χ0) is 27.1. The molecule has 194 valence electrons. The van der Waals surface area contributed by atoms with Crippen LogP contribution in [0.25, 0.3) is 10.9 Å². The summed E-state index contributed by atoms with van der Waals surface area (Å²) in [7, 11) is 0. The van der Waals surface area contributed by atoms with Crippen LogP contribution in [0.3, 0.4) is 0 Å². The zero-order valence-electron chi connectivity index (χ0n) is 20.0. The number of Topliss-reactive ketones (excluding diaryl/α,β-unsaturated/α-hetero) is 1. The van der Waals surface area contributed by atoms with E-state index in [0.29, 0.717) is 5.52 Å². The lowest BCUT2D eigenvalue weighted by atomic mass is 10.0. The number of amides is 2. The van der Waals surface area contributed by atoms with Gasteiger partial charge >= 0.3 is 5.97 Å². The van der Waals surface area contributed by atoms with E-state index in [1.165, 1.54) is 6.07 Å². The highest BCUT2D eigenvalue weighted by Crippen LogP contribution is 2.21. The van der Waals surface area contributed by atoms with Crippen molar-refractivity contribution < 1.29 is 37.8 Å². The highest BCUT2D eigenvalue weighted by molar-refractivity contribution is 5.99. The summed E-state index contributed by atoms with van der Waals surface area (Å²) >= 11 is 0. The van der Waals surface area contributed by atoms with E-state index in [2.05, 4.69) is 15.6 Å². The standard InChI is InChI=1S/C26H25F2N3O6/c1-14(2)23(31-25(35)19-11-10-15-6-3-4-9-18(15)29-19)26(36)30-20(12-22(33)34)21(32)13-37-24-16(27)7-5-8-17(24)28/h3-11,14,20,23H,12-13H2,1-2H3,(H,30,36)(H,31,35)(H,33,34)/t20-,23-/m0/s1. The molecule has 0 spiro atoms. The summed E-state index contributed by atoms with van der Waals surface area (Å²) in [5, 5.41) is 14.9. The number of aromatic nitrogens is 1. The van der Waals surface area contributed by atoms with E-state index >= 15 is 0 Å². The highest BCUT2D eigenvalue weighted by Gasteiger charge is 2.31. The van der Waals surface area contributed by atoms with Crippen LogP contribution in [0.5, 0.6) is 5.75 Å². The van der Waals surface area contributed by atoms with Crippen LogP contribution in [0.15, 0.2) is 54.6 Å². The highest BCUT2D eigenvalue weighted by atomic mass is 19.1. The van der Waals surface area contributed by atoms with Gasteiger partial charge in [0.05, 0.1) is 11.9 Å². The number of ether oxygens (including phenoxy) is 1. The second-order valence-corrected chi connectivity index (χ2v) is 8.55. The maximum Gasteiger partial charge on any atom is 0.305 e. The van der Waals surface area contributed by atoms with Crippen molar-refractivity contribution in [3.63, 3.8) is 0 Å². The minimum atomic E-state index is -1.57. The third-order valence-corrected chi connectivity index (χ3v) is 5.43. The second kappa shape index (κ2) is 12.0. The van der Waals surface area contributed by atoms with Crippen LogP contribution in [0, 0.1) is 17.6 Å². The predicted molar refractivity (Wildman–Crippen MR) is 129 cm³/mol. The van der Waals surface area contributed by atoms with Gasteiger partial charge in [-0.2, -0.15) is 0 Å². The zero-order valence-corrected chi connectivity index (χ0v) is 20.0. The Morgan fingerprint density at radius 3 is 2.27 bits per heavy atom. The minimum Gasteiger partial charge on any atom is -0.481 e. The molecule has 0 saturated heterocycles. The number of para-hydroxylation sites is 2. The first-order chi connectivity index (χ1) is 17.6. The number of halogens is 2. The van der Waals surface area contributed by atoms with E-state index in [-0.39, 0.29) is 5.69 Å². The van der Waals surface area contributed by atoms with Crippen molar-refractivity contribution in [2.45, 2.75) is 32.4 Å². The van der Waals surface area contributed by atoms with Crippen LogP contribution in [-0.2, 0) is 14.4 Å². The summed E-state index contributed by atoms with van der Waals surface area (Å²) in [6.45, 7) is 2.41. The van der Waals surface area contributed by atoms with E-state index in [4.69, 9.17) is 4.74 Å². The molecule has 3 aromatic rings. The minimum absolute atomic E-state index is 0.0654. The normalized spacial score (nSPS) is 12.6. The number of ketones is 1. The van der Waals surface area contributed by atoms with Gasteiger partial charge in [0, 0.05) is 5.39 Å². The van der Waals surface area contributed by atoms with E-state index in [0.717, 1.165) is 23.6 Å². The lowest BCUT2D eigenvalue weighted by Gasteiger charge is -2.24. The Kier molecular flexibility index (Phi) is 8.83. The number of nitrogens with one attached hydrogen (secondary N) is 2. The first-order valence-electron chi connectivity index (χ1n) is 11.3. The third-order valence-electron chi connectivity index (χ3n) is 5.43. The van der Waals surface area contributed by atoms with Crippen molar-refractivity contribution in [1.82, 2.24) is 15.6 Å². The number of carbonyl (C=O) groups is 4. The molecule has 11 heteroatoms. The van der Waals surface area contributed by atoms with Crippen LogP contribution in [-0.4, -0.2) is 52.3 Å². The Morgan fingerprint density at radius 1 is 0.946 bits per heavy atom. The smallest absolute Gasteiger partial charge is 0.305 e. The molecule has 0 radical (unpaired) electrons. The molecular formula is C26H25F2N3O6. The second-order valence-electron chi connectivity index (χ2n) is 8.55. The van der Waals surface area contributed by atoms with Gasteiger partial charge < -0.3 is 20.5 Å². The van der Waals surface area contributed by atoms with E-state index in [1.54, 1.807) is 32.0 Å². The topological polar surface area (TPSA) is 135 Å². The van der Waals surface area contributed by atoms with Gasteiger partial charge in [0.25, 0.3) is 5.91 Å². The van der Waals surface area contributed by atoms with Crippen molar-refractivity contribution in [2.24, 2.45) is 5.92 Å². The number of hydrogen-bond acceptors (Lipinski definition) is 6. The Balaban J connectivity index is 1.71. The lowest BCUT2D eigenvalue weighted by molar-refractivity contribution is -0.140. The summed E-state index contributed by atoms with van der Waals surface area (Å²) in [6, 6.07) is 10.6. The number of nitrogens with zero attached hydrogens (tertiary/aromatic N) is 1. The first kappa shape index (κ1) is 27.2. The molecule has 37 heavy (non-hydrogen) atoms. The van der Waals surface area contributed by atoms with Gasteiger partial charge in [0.1, 0.15) is 24.4 Å². The van der Waals surface area contributed by atoms with Crippen molar-refractivity contribution in [3.8, 4) is 5.75 Å². The quantitative estimate of drug-likeness (QED) is 0.359. The van der Waals surface area contributed by atoms with Gasteiger partial charge in [-0.15, -0.1) is 0 Å². The molecule has 2 aromatic carbocycles. The predicted octanol–water partition coefficient (Wildman–Crippen LogP) is 2.88. The molecule has 2 amide bonds. The molecule has 3 rings (SSSR count). The molecule has 2 atom stereocenters. The maximum atomic E-state index is 13.8. The number of fused-ring (bicyclic) bond motifs is 1. The number of carboxylic acid groups (broad SMARTS) is 1. The molecule has 1 heterocycles. The Labute approximate surface area is 210 Å². The molecule has 1 aromatic heterocycles. The monoisotopic (exact) mass is 513 g/mol. The lowest BCUT2D eigenvalue weighted by Crippen LogP contribution is -2.54. The number of rotatable bonds is 11.